The third-order valence-electron chi connectivity index (χ3n) is 6.77. The number of hydrogen-bond donors (Lipinski definition) is 0. The Morgan fingerprint density at radius 1 is 1.35 bits per heavy atom. The second kappa shape index (κ2) is 5.57. The maximum absolute atomic E-state index is 13.4. The van der Waals surface area contributed by atoms with Crippen molar-refractivity contribution in [3.05, 3.63) is 36.0 Å². The van der Waals surface area contributed by atoms with Crippen LogP contribution in [-0.2, 0) is 11.8 Å². The maximum Gasteiger partial charge on any atom is 0.256 e. The Labute approximate surface area is 154 Å². The number of aromatic nitrogens is 1. The Morgan fingerprint density at radius 2 is 2.15 bits per heavy atom. The lowest BCUT2D eigenvalue weighted by Gasteiger charge is -2.30. The van der Waals surface area contributed by atoms with Gasteiger partial charge in [-0.2, -0.15) is 0 Å². The molecule has 0 radical (unpaired) electrons. The van der Waals surface area contributed by atoms with E-state index in [-0.39, 0.29) is 11.5 Å². The Kier molecular flexibility index (Phi) is 3.50. The fourth-order valence-corrected chi connectivity index (χ4v) is 5.69. The first-order valence-corrected chi connectivity index (χ1v) is 9.64. The minimum atomic E-state index is -0.0917. The van der Waals surface area contributed by atoms with E-state index in [0.717, 1.165) is 48.9 Å². The van der Waals surface area contributed by atoms with Gasteiger partial charge in [-0.3, -0.25) is 4.79 Å². The minimum absolute atomic E-state index is 0.0917. The highest BCUT2D eigenvalue weighted by Gasteiger charge is 2.63. The fraction of sp³-hybridized carbons (Fsp3) is 0.571. The van der Waals surface area contributed by atoms with E-state index < -0.39 is 0 Å². The largest absolute Gasteiger partial charge is 0.369 e. The van der Waals surface area contributed by atoms with Crippen molar-refractivity contribution in [1.82, 2.24) is 14.4 Å². The summed E-state index contributed by atoms with van der Waals surface area (Å²) in [5, 5.41) is 1.05. The van der Waals surface area contributed by atoms with Crippen molar-refractivity contribution in [3.8, 4) is 0 Å². The highest BCUT2D eigenvalue weighted by Crippen LogP contribution is 2.55. The van der Waals surface area contributed by atoms with E-state index >= 15 is 0 Å². The van der Waals surface area contributed by atoms with Crippen LogP contribution in [0.2, 0.25) is 0 Å². The summed E-state index contributed by atoms with van der Waals surface area (Å²) in [5.41, 5.74) is 1.83. The van der Waals surface area contributed by atoms with Gasteiger partial charge in [-0.1, -0.05) is 18.2 Å². The summed E-state index contributed by atoms with van der Waals surface area (Å²) in [6.45, 7) is 2.63. The zero-order valence-electron chi connectivity index (χ0n) is 15.8. The third kappa shape index (κ3) is 2.20. The normalized spacial score (nSPS) is 32.8. The van der Waals surface area contributed by atoms with E-state index in [1.54, 1.807) is 0 Å². The van der Waals surface area contributed by atoms with E-state index in [1.165, 1.54) is 0 Å². The van der Waals surface area contributed by atoms with E-state index in [2.05, 4.69) is 40.6 Å². The standard InChI is InChI=1S/C21H27N3O2/c1-22(2)10-16-17-12-24(13-21(17)9-8-19(16)26-21)20(25)15-11-23(3)18-7-5-4-6-14(15)18/h4-7,11,16-17,19H,8-10,12-13H2,1-3H3/t16-,17+,19+,21+/m1/s1. The zero-order chi connectivity index (χ0) is 18.1. The molecule has 2 aromatic rings. The SMILES string of the molecule is CN(C)C[C@H]1[C@@H]2CC[C@@]3(CN(C(=O)c4cn(C)c5ccccc45)C[C@@H]13)O2. The Morgan fingerprint density at radius 3 is 2.96 bits per heavy atom. The van der Waals surface area contributed by atoms with Crippen molar-refractivity contribution in [2.75, 3.05) is 33.7 Å². The van der Waals surface area contributed by atoms with Gasteiger partial charge in [0.1, 0.15) is 0 Å². The highest BCUT2D eigenvalue weighted by molar-refractivity contribution is 6.07. The second-order valence-electron chi connectivity index (χ2n) is 8.65. The number of likely N-dealkylation sites (tertiary alicyclic amines) is 1. The average molecular weight is 353 g/mol. The van der Waals surface area contributed by atoms with Gasteiger partial charge >= 0.3 is 0 Å². The number of carbonyl (C=O) groups is 1. The van der Waals surface area contributed by atoms with Crippen molar-refractivity contribution in [2.45, 2.75) is 24.5 Å². The summed E-state index contributed by atoms with van der Waals surface area (Å²) in [6.07, 6.45) is 4.61. The molecule has 0 aliphatic carbocycles. The van der Waals surface area contributed by atoms with E-state index in [9.17, 15) is 4.79 Å². The molecule has 4 heterocycles. The molecule has 2 bridgehead atoms. The Balaban J connectivity index is 1.44. The number of carbonyl (C=O) groups excluding carboxylic acids is 1. The summed E-state index contributed by atoms with van der Waals surface area (Å²) >= 11 is 0. The number of benzene rings is 1. The van der Waals surface area contributed by atoms with Crippen LogP contribution in [0.15, 0.2) is 30.5 Å². The van der Waals surface area contributed by atoms with Crippen molar-refractivity contribution >= 4 is 16.8 Å². The molecule has 0 unspecified atom stereocenters. The van der Waals surface area contributed by atoms with E-state index in [4.69, 9.17) is 4.74 Å². The van der Waals surface area contributed by atoms with Crippen molar-refractivity contribution in [2.24, 2.45) is 18.9 Å². The van der Waals surface area contributed by atoms with Crippen LogP contribution in [0.1, 0.15) is 23.2 Å². The number of rotatable bonds is 3. The Hall–Kier alpha value is -1.85. The van der Waals surface area contributed by atoms with Crippen molar-refractivity contribution in [1.29, 1.82) is 0 Å². The van der Waals surface area contributed by atoms with E-state index in [0.29, 0.717) is 17.9 Å². The smallest absolute Gasteiger partial charge is 0.256 e. The first-order valence-electron chi connectivity index (χ1n) is 9.64. The monoisotopic (exact) mass is 353 g/mol. The molecule has 4 atom stereocenters. The van der Waals surface area contributed by atoms with Gasteiger partial charge in [0.15, 0.2) is 0 Å². The molecule has 5 heteroatoms. The number of amides is 1. The lowest BCUT2D eigenvalue weighted by molar-refractivity contribution is 0.00258. The minimum Gasteiger partial charge on any atom is -0.369 e. The van der Waals surface area contributed by atoms with Crippen LogP contribution in [0.4, 0.5) is 0 Å². The van der Waals surface area contributed by atoms with Crippen LogP contribution < -0.4 is 0 Å². The number of ether oxygens (including phenoxy) is 1. The van der Waals surface area contributed by atoms with Gasteiger partial charge in [-0.15, -0.1) is 0 Å². The molecule has 3 fully saturated rings. The van der Waals surface area contributed by atoms with Gasteiger partial charge in [0.2, 0.25) is 0 Å². The molecule has 5 rings (SSSR count). The summed E-state index contributed by atoms with van der Waals surface area (Å²) in [6, 6.07) is 8.15. The zero-order valence-corrected chi connectivity index (χ0v) is 15.8. The highest BCUT2D eigenvalue weighted by atomic mass is 16.5. The van der Waals surface area contributed by atoms with Crippen LogP contribution in [-0.4, -0.2) is 65.7 Å². The first-order chi connectivity index (χ1) is 12.5. The Bertz CT molecular complexity index is 873. The van der Waals surface area contributed by atoms with Gasteiger partial charge in [0.05, 0.1) is 23.8 Å². The topological polar surface area (TPSA) is 37.7 Å². The van der Waals surface area contributed by atoms with Gasteiger partial charge in [0, 0.05) is 49.1 Å². The molecule has 138 valence electrons. The molecule has 1 aromatic heterocycles. The molecule has 0 N–H and O–H groups in total. The number of nitrogens with zero attached hydrogens (tertiary/aromatic N) is 3. The number of fused-ring (bicyclic) bond motifs is 2. The van der Waals surface area contributed by atoms with E-state index in [1.807, 2.05) is 25.4 Å². The van der Waals surface area contributed by atoms with Crippen molar-refractivity contribution < 1.29 is 9.53 Å². The molecular formula is C21H27N3O2. The third-order valence-corrected chi connectivity index (χ3v) is 6.77. The molecule has 3 aliphatic rings. The number of hydrogen-bond acceptors (Lipinski definition) is 3. The van der Waals surface area contributed by atoms with Crippen LogP contribution >= 0.6 is 0 Å². The first kappa shape index (κ1) is 16.3. The van der Waals surface area contributed by atoms with Crippen LogP contribution in [0.5, 0.6) is 0 Å². The summed E-state index contributed by atoms with van der Waals surface area (Å²) in [4.78, 5) is 17.7. The number of aryl methyl sites for hydroxylation is 1. The average Bonchev–Trinajstić information content (AvgIpc) is 3.34. The summed E-state index contributed by atoms with van der Waals surface area (Å²) < 4.78 is 8.53. The molecule has 1 aromatic carbocycles. The van der Waals surface area contributed by atoms with Gasteiger partial charge in [-0.05, 0) is 33.0 Å². The molecular weight excluding hydrogens is 326 g/mol. The summed E-state index contributed by atoms with van der Waals surface area (Å²) in [7, 11) is 6.27. The van der Waals surface area contributed by atoms with Crippen molar-refractivity contribution in [3.63, 3.8) is 0 Å². The van der Waals surface area contributed by atoms with Gasteiger partial charge in [0.25, 0.3) is 5.91 Å². The molecule has 26 heavy (non-hydrogen) atoms. The molecule has 3 saturated heterocycles. The maximum atomic E-state index is 13.4. The predicted molar refractivity (Wildman–Crippen MR) is 101 cm³/mol. The molecule has 0 saturated carbocycles. The lowest BCUT2D eigenvalue weighted by atomic mass is 9.73. The van der Waals surface area contributed by atoms with Crippen LogP contribution in [0, 0.1) is 11.8 Å². The summed E-state index contributed by atoms with van der Waals surface area (Å²) in [5.74, 6) is 1.17. The lowest BCUT2D eigenvalue weighted by Crippen LogP contribution is -2.40. The molecule has 3 aliphatic heterocycles. The quantitative estimate of drug-likeness (QED) is 0.850. The van der Waals surface area contributed by atoms with Crippen LogP contribution in [0.25, 0.3) is 10.9 Å². The number of para-hydroxylation sites is 1. The van der Waals surface area contributed by atoms with Gasteiger partial charge in [-0.25, -0.2) is 0 Å². The molecule has 1 spiro atoms. The van der Waals surface area contributed by atoms with Crippen LogP contribution in [0.3, 0.4) is 0 Å². The van der Waals surface area contributed by atoms with Gasteiger partial charge < -0.3 is 19.1 Å². The molecule has 5 nitrogen and oxygen atoms in total. The molecule has 1 amide bonds. The fourth-order valence-electron chi connectivity index (χ4n) is 5.69. The predicted octanol–water partition coefficient (Wildman–Crippen LogP) is 2.36. The second-order valence-corrected chi connectivity index (χ2v) is 8.65.